The molecular formula is C9H16O2S. The van der Waals surface area contributed by atoms with E-state index in [0.29, 0.717) is 5.92 Å². The van der Waals surface area contributed by atoms with Crippen LogP contribution in [0.4, 0.5) is 0 Å². The number of fused-ring (bicyclic) bond motifs is 2. The van der Waals surface area contributed by atoms with Crippen molar-refractivity contribution in [1.29, 1.82) is 0 Å². The van der Waals surface area contributed by atoms with Crippen LogP contribution in [-0.2, 0) is 9.84 Å². The van der Waals surface area contributed by atoms with Gasteiger partial charge in [-0.15, -0.1) is 0 Å². The molecule has 2 rings (SSSR count). The fourth-order valence-electron chi connectivity index (χ4n) is 2.65. The summed E-state index contributed by atoms with van der Waals surface area (Å²) in [6, 6.07) is 0. The van der Waals surface area contributed by atoms with Gasteiger partial charge in [0.05, 0.1) is 10.5 Å². The lowest BCUT2D eigenvalue weighted by molar-refractivity contribution is 0.415. The van der Waals surface area contributed by atoms with Crippen LogP contribution in [0.3, 0.4) is 0 Å². The van der Waals surface area contributed by atoms with Crippen molar-refractivity contribution in [2.45, 2.75) is 49.5 Å². The van der Waals surface area contributed by atoms with Crippen molar-refractivity contribution in [2.75, 3.05) is 0 Å². The number of hydrogen-bond acceptors (Lipinski definition) is 2. The molecule has 0 aliphatic carbocycles. The molecule has 0 spiro atoms. The van der Waals surface area contributed by atoms with E-state index in [4.69, 9.17) is 0 Å². The van der Waals surface area contributed by atoms with Crippen molar-refractivity contribution < 1.29 is 8.42 Å². The average molecular weight is 188 g/mol. The molecule has 2 nitrogen and oxygen atoms in total. The zero-order valence-electron chi connectivity index (χ0n) is 7.49. The summed E-state index contributed by atoms with van der Waals surface area (Å²) < 4.78 is 23.3. The van der Waals surface area contributed by atoms with Gasteiger partial charge in [-0.25, -0.2) is 8.42 Å². The third-order valence-electron chi connectivity index (χ3n) is 3.51. The first-order chi connectivity index (χ1) is 5.64. The molecule has 12 heavy (non-hydrogen) atoms. The molecule has 3 heteroatoms. The van der Waals surface area contributed by atoms with E-state index in [0.717, 1.165) is 32.1 Å². The Bertz CT molecular complexity index is 248. The molecule has 2 heterocycles. The predicted octanol–water partition coefficient (Wildman–Crippen LogP) is 1.75. The Morgan fingerprint density at radius 2 is 1.67 bits per heavy atom. The predicted molar refractivity (Wildman–Crippen MR) is 48.7 cm³/mol. The molecule has 2 aliphatic rings. The lowest BCUT2D eigenvalue weighted by Crippen LogP contribution is -2.32. The summed E-state index contributed by atoms with van der Waals surface area (Å²) in [5.74, 6) is 0.686. The molecule has 0 aromatic rings. The van der Waals surface area contributed by atoms with Crippen molar-refractivity contribution in [3.63, 3.8) is 0 Å². The maximum absolute atomic E-state index is 11.6. The SMILES string of the molecule is CCC1CC2CCC(C1)S2(=O)=O. The Morgan fingerprint density at radius 1 is 1.17 bits per heavy atom. The second-order valence-electron chi connectivity index (χ2n) is 4.16. The normalized spacial score (nSPS) is 44.6. The molecule has 0 aromatic carbocycles. The van der Waals surface area contributed by atoms with Gasteiger partial charge in [0.2, 0.25) is 0 Å². The van der Waals surface area contributed by atoms with E-state index >= 15 is 0 Å². The third kappa shape index (κ3) is 1.10. The van der Waals surface area contributed by atoms with Gasteiger partial charge in [-0.1, -0.05) is 13.3 Å². The Balaban J connectivity index is 2.23. The highest BCUT2D eigenvalue weighted by Crippen LogP contribution is 2.41. The maximum Gasteiger partial charge on any atom is 0.156 e. The monoisotopic (exact) mass is 188 g/mol. The summed E-state index contributed by atoms with van der Waals surface area (Å²) in [7, 11) is -2.67. The number of hydrogen-bond donors (Lipinski definition) is 0. The highest BCUT2D eigenvalue weighted by molar-refractivity contribution is 7.93. The van der Waals surface area contributed by atoms with Crippen LogP contribution in [0.15, 0.2) is 0 Å². The summed E-state index contributed by atoms with van der Waals surface area (Å²) in [5, 5.41) is 0.0578. The topological polar surface area (TPSA) is 34.1 Å². The van der Waals surface area contributed by atoms with Crippen LogP contribution in [0, 0.1) is 5.92 Å². The van der Waals surface area contributed by atoms with E-state index in [1.807, 2.05) is 0 Å². The second kappa shape index (κ2) is 2.72. The van der Waals surface area contributed by atoms with Crippen LogP contribution in [0.25, 0.3) is 0 Å². The van der Waals surface area contributed by atoms with Gasteiger partial charge in [0, 0.05) is 0 Å². The van der Waals surface area contributed by atoms with E-state index < -0.39 is 9.84 Å². The second-order valence-corrected chi connectivity index (χ2v) is 6.67. The molecule has 2 bridgehead atoms. The minimum Gasteiger partial charge on any atom is -0.228 e. The van der Waals surface area contributed by atoms with Crippen molar-refractivity contribution in [3.8, 4) is 0 Å². The van der Waals surface area contributed by atoms with Crippen LogP contribution in [0.5, 0.6) is 0 Å². The van der Waals surface area contributed by atoms with E-state index in [-0.39, 0.29) is 10.5 Å². The van der Waals surface area contributed by atoms with Gasteiger partial charge in [0.1, 0.15) is 0 Å². The first-order valence-corrected chi connectivity index (χ1v) is 6.48. The van der Waals surface area contributed by atoms with E-state index in [1.165, 1.54) is 0 Å². The van der Waals surface area contributed by atoms with Gasteiger partial charge >= 0.3 is 0 Å². The molecule has 0 N–H and O–H groups in total. The molecule has 70 valence electrons. The van der Waals surface area contributed by atoms with Gasteiger partial charge in [-0.2, -0.15) is 0 Å². The first kappa shape index (κ1) is 8.54. The van der Waals surface area contributed by atoms with Crippen LogP contribution >= 0.6 is 0 Å². The van der Waals surface area contributed by atoms with Crippen molar-refractivity contribution in [2.24, 2.45) is 5.92 Å². The molecule has 0 radical (unpaired) electrons. The van der Waals surface area contributed by atoms with Crippen LogP contribution in [0.1, 0.15) is 39.0 Å². The van der Waals surface area contributed by atoms with Crippen molar-refractivity contribution in [1.82, 2.24) is 0 Å². The Hall–Kier alpha value is -0.0500. The Kier molecular flexibility index (Phi) is 1.94. The molecule has 2 aliphatic heterocycles. The average Bonchev–Trinajstić information content (AvgIpc) is 2.29. The van der Waals surface area contributed by atoms with E-state index in [1.54, 1.807) is 0 Å². The van der Waals surface area contributed by atoms with Crippen LogP contribution in [0.2, 0.25) is 0 Å². The van der Waals surface area contributed by atoms with Crippen LogP contribution < -0.4 is 0 Å². The summed E-state index contributed by atoms with van der Waals surface area (Å²) in [5.41, 5.74) is 0. The molecule has 0 amide bonds. The number of sulfone groups is 1. The Morgan fingerprint density at radius 3 is 2.08 bits per heavy atom. The fraction of sp³-hybridized carbons (Fsp3) is 1.00. The zero-order valence-corrected chi connectivity index (χ0v) is 8.31. The van der Waals surface area contributed by atoms with Gasteiger partial charge in [-0.3, -0.25) is 0 Å². The zero-order chi connectivity index (χ0) is 8.77. The standard InChI is InChI=1S/C9H16O2S/c1-2-7-5-8-3-4-9(6-7)12(8,10)11/h7-9H,2-6H2,1H3. The minimum absolute atomic E-state index is 0.0289. The quantitative estimate of drug-likeness (QED) is 0.628. The Labute approximate surface area is 74.3 Å². The fourth-order valence-corrected chi connectivity index (χ4v) is 5.20. The van der Waals surface area contributed by atoms with Gasteiger partial charge in [-0.05, 0) is 31.6 Å². The lowest BCUT2D eigenvalue weighted by Gasteiger charge is -2.26. The summed E-state index contributed by atoms with van der Waals surface area (Å²) in [4.78, 5) is 0. The molecule has 0 aromatic heterocycles. The molecule has 2 unspecified atom stereocenters. The third-order valence-corrected chi connectivity index (χ3v) is 6.22. The highest BCUT2D eigenvalue weighted by atomic mass is 32.2. The highest BCUT2D eigenvalue weighted by Gasteiger charge is 2.46. The van der Waals surface area contributed by atoms with Gasteiger partial charge < -0.3 is 0 Å². The largest absolute Gasteiger partial charge is 0.228 e. The maximum atomic E-state index is 11.6. The van der Waals surface area contributed by atoms with E-state index in [2.05, 4.69) is 6.92 Å². The molecule has 0 saturated carbocycles. The summed E-state index contributed by atoms with van der Waals surface area (Å²) >= 11 is 0. The summed E-state index contributed by atoms with van der Waals surface area (Å²) in [6.07, 6.45) is 4.90. The van der Waals surface area contributed by atoms with Gasteiger partial charge in [0.15, 0.2) is 9.84 Å². The van der Waals surface area contributed by atoms with Crippen LogP contribution in [-0.4, -0.2) is 18.9 Å². The molecule has 2 saturated heterocycles. The summed E-state index contributed by atoms with van der Waals surface area (Å²) in [6.45, 7) is 2.17. The van der Waals surface area contributed by atoms with Crippen molar-refractivity contribution >= 4 is 9.84 Å². The lowest BCUT2D eigenvalue weighted by atomic mass is 9.97. The molecule has 2 fully saturated rings. The van der Waals surface area contributed by atoms with E-state index in [9.17, 15) is 8.42 Å². The minimum atomic E-state index is -2.67. The van der Waals surface area contributed by atoms with Crippen molar-refractivity contribution in [3.05, 3.63) is 0 Å². The first-order valence-electron chi connectivity index (χ1n) is 4.87. The molecule has 2 atom stereocenters. The smallest absolute Gasteiger partial charge is 0.156 e. The molecular weight excluding hydrogens is 172 g/mol. The van der Waals surface area contributed by atoms with Gasteiger partial charge in [0.25, 0.3) is 0 Å². The number of rotatable bonds is 1.